The van der Waals surface area contributed by atoms with E-state index in [0.717, 1.165) is 10.8 Å². The molecule has 0 spiro atoms. The first-order valence-electron chi connectivity index (χ1n) is 6.54. The van der Waals surface area contributed by atoms with Crippen molar-refractivity contribution in [1.29, 1.82) is 0 Å². The molecule has 4 nitrogen and oxygen atoms in total. The van der Waals surface area contributed by atoms with Crippen molar-refractivity contribution < 1.29 is 9.21 Å². The highest BCUT2D eigenvalue weighted by Crippen LogP contribution is 2.22. The predicted octanol–water partition coefficient (Wildman–Crippen LogP) is 3.97. The molecule has 1 amide bonds. The number of carbonyl (C=O) groups is 1. The van der Waals surface area contributed by atoms with Crippen LogP contribution in [0.15, 0.2) is 53.1 Å². The molecule has 0 radical (unpaired) electrons. The van der Waals surface area contributed by atoms with Gasteiger partial charge in [0.05, 0.1) is 12.3 Å². The Morgan fingerprint density at radius 2 is 2.10 bits per heavy atom. The number of rotatable bonds is 3. The summed E-state index contributed by atoms with van der Waals surface area (Å²) < 4.78 is 5.26. The normalized spacial score (nSPS) is 12.3. The average molecular weight is 301 g/mol. The number of aromatic nitrogens is 1. The Hall–Kier alpha value is -2.33. The maximum Gasteiger partial charge on any atom is 0.270 e. The molecule has 1 unspecified atom stereocenters. The minimum atomic E-state index is -0.286. The first kappa shape index (κ1) is 13.6. The lowest BCUT2D eigenvalue weighted by Crippen LogP contribution is -2.27. The summed E-state index contributed by atoms with van der Waals surface area (Å²) in [6.45, 7) is 1.85. The van der Waals surface area contributed by atoms with Crippen molar-refractivity contribution in [3.8, 4) is 0 Å². The largest absolute Gasteiger partial charge is 0.467 e. The van der Waals surface area contributed by atoms with Gasteiger partial charge in [-0.2, -0.15) is 0 Å². The SMILES string of the molecule is CC(NC(=O)c1cc2ccccc2c(Cl)n1)c1ccco1. The molecule has 2 aromatic heterocycles. The van der Waals surface area contributed by atoms with Gasteiger partial charge in [0.2, 0.25) is 0 Å². The molecule has 21 heavy (non-hydrogen) atoms. The Bertz CT molecular complexity index is 784. The number of carbonyl (C=O) groups excluding carboxylic acids is 1. The van der Waals surface area contributed by atoms with E-state index in [9.17, 15) is 4.79 Å². The molecular weight excluding hydrogens is 288 g/mol. The van der Waals surface area contributed by atoms with E-state index in [1.165, 1.54) is 0 Å². The lowest BCUT2D eigenvalue weighted by atomic mass is 10.1. The maximum absolute atomic E-state index is 12.3. The molecule has 3 rings (SSSR count). The predicted molar refractivity (Wildman–Crippen MR) is 81.3 cm³/mol. The van der Waals surface area contributed by atoms with Gasteiger partial charge in [-0.05, 0) is 30.5 Å². The fraction of sp³-hybridized carbons (Fsp3) is 0.125. The van der Waals surface area contributed by atoms with E-state index >= 15 is 0 Å². The summed E-state index contributed by atoms with van der Waals surface area (Å²) in [7, 11) is 0. The Labute approximate surface area is 126 Å². The molecule has 106 valence electrons. The highest BCUT2D eigenvalue weighted by molar-refractivity contribution is 6.34. The second-order valence-corrected chi connectivity index (χ2v) is 5.09. The zero-order valence-corrected chi connectivity index (χ0v) is 12.1. The summed E-state index contributed by atoms with van der Waals surface area (Å²) in [5.41, 5.74) is 0.289. The van der Waals surface area contributed by atoms with E-state index in [4.69, 9.17) is 16.0 Å². The van der Waals surface area contributed by atoms with Gasteiger partial charge in [0.25, 0.3) is 5.91 Å². The van der Waals surface area contributed by atoms with Gasteiger partial charge in [-0.15, -0.1) is 0 Å². The molecule has 0 aliphatic heterocycles. The Morgan fingerprint density at radius 1 is 1.29 bits per heavy atom. The van der Waals surface area contributed by atoms with Crippen LogP contribution in [0.4, 0.5) is 0 Å². The Morgan fingerprint density at radius 3 is 2.86 bits per heavy atom. The van der Waals surface area contributed by atoms with Gasteiger partial charge in [-0.25, -0.2) is 4.98 Å². The van der Waals surface area contributed by atoms with Gasteiger partial charge in [0.15, 0.2) is 0 Å². The molecule has 0 saturated heterocycles. The average Bonchev–Trinajstić information content (AvgIpc) is 3.01. The van der Waals surface area contributed by atoms with Crippen molar-refractivity contribution in [2.45, 2.75) is 13.0 Å². The fourth-order valence-electron chi connectivity index (χ4n) is 2.15. The zero-order chi connectivity index (χ0) is 14.8. The van der Waals surface area contributed by atoms with Crippen LogP contribution in [0.5, 0.6) is 0 Å². The maximum atomic E-state index is 12.3. The Kier molecular flexibility index (Phi) is 3.62. The van der Waals surface area contributed by atoms with Crippen molar-refractivity contribution in [2.24, 2.45) is 0 Å². The summed E-state index contributed by atoms with van der Waals surface area (Å²) in [5, 5.41) is 4.87. The molecule has 1 atom stereocenters. The molecule has 3 aromatic rings. The molecule has 0 saturated carbocycles. The van der Waals surface area contributed by atoms with Gasteiger partial charge >= 0.3 is 0 Å². The minimum absolute atomic E-state index is 0.237. The number of nitrogens with zero attached hydrogens (tertiary/aromatic N) is 1. The van der Waals surface area contributed by atoms with Crippen LogP contribution >= 0.6 is 11.6 Å². The molecule has 1 N–H and O–H groups in total. The lowest BCUT2D eigenvalue weighted by Gasteiger charge is -2.11. The van der Waals surface area contributed by atoms with Gasteiger partial charge in [-0.3, -0.25) is 4.79 Å². The molecule has 2 heterocycles. The highest BCUT2D eigenvalue weighted by atomic mass is 35.5. The first-order valence-corrected chi connectivity index (χ1v) is 6.92. The highest BCUT2D eigenvalue weighted by Gasteiger charge is 2.16. The van der Waals surface area contributed by atoms with Gasteiger partial charge in [0.1, 0.15) is 16.6 Å². The summed E-state index contributed by atoms with van der Waals surface area (Å²) in [4.78, 5) is 16.4. The molecule has 0 aliphatic carbocycles. The smallest absolute Gasteiger partial charge is 0.270 e. The number of pyridine rings is 1. The van der Waals surface area contributed by atoms with Gasteiger partial charge in [-0.1, -0.05) is 35.9 Å². The van der Waals surface area contributed by atoms with Crippen LogP contribution in [0.1, 0.15) is 29.2 Å². The number of furan rings is 1. The van der Waals surface area contributed by atoms with E-state index in [0.29, 0.717) is 10.9 Å². The molecule has 1 aromatic carbocycles. The quantitative estimate of drug-likeness (QED) is 0.745. The summed E-state index contributed by atoms with van der Waals surface area (Å²) >= 11 is 6.13. The van der Waals surface area contributed by atoms with E-state index in [1.54, 1.807) is 18.4 Å². The number of halogens is 1. The van der Waals surface area contributed by atoms with Crippen molar-refractivity contribution in [3.05, 3.63) is 65.3 Å². The van der Waals surface area contributed by atoms with Crippen molar-refractivity contribution in [2.75, 3.05) is 0 Å². The van der Waals surface area contributed by atoms with Gasteiger partial charge < -0.3 is 9.73 Å². The standard InChI is InChI=1S/C16H13ClN2O2/c1-10(14-7-4-8-21-14)18-16(20)13-9-11-5-2-3-6-12(11)15(17)19-13/h2-10H,1H3,(H,18,20). The van der Waals surface area contributed by atoms with Crippen molar-refractivity contribution in [3.63, 3.8) is 0 Å². The molecule has 0 bridgehead atoms. The Balaban J connectivity index is 1.88. The van der Waals surface area contributed by atoms with Crippen LogP contribution in [0, 0.1) is 0 Å². The van der Waals surface area contributed by atoms with Crippen LogP contribution in [-0.4, -0.2) is 10.9 Å². The number of benzene rings is 1. The summed E-state index contributed by atoms with van der Waals surface area (Å²) in [6, 6.07) is 12.6. The van der Waals surface area contributed by atoms with Crippen LogP contribution < -0.4 is 5.32 Å². The van der Waals surface area contributed by atoms with Crippen molar-refractivity contribution >= 4 is 28.3 Å². The lowest BCUT2D eigenvalue weighted by molar-refractivity contribution is 0.0930. The van der Waals surface area contributed by atoms with Crippen LogP contribution in [0.25, 0.3) is 10.8 Å². The number of fused-ring (bicyclic) bond motifs is 1. The second kappa shape index (κ2) is 5.58. The van der Waals surface area contributed by atoms with Crippen LogP contribution in [0.2, 0.25) is 5.15 Å². The topological polar surface area (TPSA) is 55.1 Å². The van der Waals surface area contributed by atoms with E-state index < -0.39 is 0 Å². The number of hydrogen-bond donors (Lipinski definition) is 1. The third kappa shape index (κ3) is 2.76. The molecule has 0 aliphatic rings. The first-order chi connectivity index (χ1) is 10.1. The third-order valence-corrected chi connectivity index (χ3v) is 3.53. The fourth-order valence-corrected chi connectivity index (χ4v) is 2.42. The third-order valence-electron chi connectivity index (χ3n) is 3.24. The monoisotopic (exact) mass is 300 g/mol. The second-order valence-electron chi connectivity index (χ2n) is 4.73. The molecule has 5 heteroatoms. The number of nitrogens with one attached hydrogen (secondary N) is 1. The van der Waals surface area contributed by atoms with Crippen molar-refractivity contribution in [1.82, 2.24) is 10.3 Å². The minimum Gasteiger partial charge on any atom is -0.467 e. The summed E-state index contributed by atoms with van der Waals surface area (Å²) in [5.74, 6) is 0.404. The zero-order valence-electron chi connectivity index (χ0n) is 11.3. The number of hydrogen-bond acceptors (Lipinski definition) is 3. The van der Waals surface area contributed by atoms with E-state index in [2.05, 4.69) is 10.3 Å². The van der Waals surface area contributed by atoms with E-state index in [1.807, 2.05) is 37.3 Å². The number of amides is 1. The van der Waals surface area contributed by atoms with Gasteiger partial charge in [0, 0.05) is 5.39 Å². The molecular formula is C16H13ClN2O2. The molecule has 0 fully saturated rings. The van der Waals surface area contributed by atoms with Crippen LogP contribution in [-0.2, 0) is 0 Å². The van der Waals surface area contributed by atoms with E-state index in [-0.39, 0.29) is 17.6 Å². The van der Waals surface area contributed by atoms with Crippen LogP contribution in [0.3, 0.4) is 0 Å². The summed E-state index contributed by atoms with van der Waals surface area (Å²) in [6.07, 6.45) is 1.57.